The van der Waals surface area contributed by atoms with Gasteiger partial charge in [0, 0.05) is 8.95 Å². The second-order valence-corrected chi connectivity index (χ2v) is 13.9. The number of hydrogen-bond acceptors (Lipinski definition) is 6. The average molecular weight is 1000 g/mol. The molecule has 0 spiro atoms. The molecule has 0 unspecified atom stereocenters. The van der Waals surface area contributed by atoms with Gasteiger partial charge >= 0.3 is 18.0 Å². The number of benzene rings is 3. The summed E-state index contributed by atoms with van der Waals surface area (Å²) in [5, 5.41) is 0. The molecule has 0 N–H and O–H groups in total. The second-order valence-electron chi connectivity index (χ2n) is 6.94. The van der Waals surface area contributed by atoms with Gasteiger partial charge in [-0.3, -0.25) is 0 Å². The fourth-order valence-corrected chi connectivity index (χ4v) is 9.19. The molecular weight excluding hydrogens is 993 g/mol. The minimum Gasteiger partial charge on any atom is -0.422 e. The fourth-order valence-electron chi connectivity index (χ4n) is 2.77. The van der Waals surface area contributed by atoms with Crippen molar-refractivity contribution in [2.45, 2.75) is 6.92 Å². The first kappa shape index (κ1) is 28.9. The van der Waals surface area contributed by atoms with E-state index in [4.69, 9.17) is 14.2 Å². The summed E-state index contributed by atoms with van der Waals surface area (Å²) in [7, 11) is 0. The van der Waals surface area contributed by atoms with Crippen molar-refractivity contribution in [2.75, 3.05) is 0 Å². The van der Waals surface area contributed by atoms with Crippen molar-refractivity contribution in [1.29, 1.82) is 0 Å². The summed E-state index contributed by atoms with van der Waals surface area (Å²) in [6, 6.07) is 11.1. The molecule has 1 heterocycles. The largest absolute Gasteiger partial charge is 0.422 e. The van der Waals surface area contributed by atoms with Crippen molar-refractivity contribution in [3.63, 3.8) is 0 Å². The summed E-state index contributed by atoms with van der Waals surface area (Å²) in [5.41, 5.74) is 1.04. The standard InChI is InChI=1S/C22H9Br8N3O3/c1-8-2-11(25)17(12(26)3-8)34-20-31-21(35-18-13(27)4-9(23)5-14(18)28)33-22(32-20)36-19-15(29)6-10(24)7-16(19)30/h2-7H,1H3. The van der Waals surface area contributed by atoms with Gasteiger partial charge in [0.2, 0.25) is 0 Å². The van der Waals surface area contributed by atoms with Gasteiger partial charge in [0.1, 0.15) is 0 Å². The van der Waals surface area contributed by atoms with E-state index in [9.17, 15) is 0 Å². The Morgan fingerprint density at radius 1 is 0.444 bits per heavy atom. The van der Waals surface area contributed by atoms with Crippen LogP contribution in [0.2, 0.25) is 0 Å². The van der Waals surface area contributed by atoms with Gasteiger partial charge in [-0.15, -0.1) is 15.0 Å². The van der Waals surface area contributed by atoms with E-state index in [0.717, 1.165) is 23.5 Å². The summed E-state index contributed by atoms with van der Waals surface area (Å²) in [4.78, 5) is 13.1. The molecule has 36 heavy (non-hydrogen) atoms. The molecule has 0 aliphatic heterocycles. The van der Waals surface area contributed by atoms with Gasteiger partial charge in [0.15, 0.2) is 17.2 Å². The highest BCUT2D eigenvalue weighted by molar-refractivity contribution is 9.12. The van der Waals surface area contributed by atoms with Crippen LogP contribution in [0.3, 0.4) is 0 Å². The van der Waals surface area contributed by atoms with Gasteiger partial charge in [-0.25, -0.2) is 0 Å². The van der Waals surface area contributed by atoms with Crippen LogP contribution in [0.4, 0.5) is 0 Å². The molecule has 0 saturated heterocycles. The van der Waals surface area contributed by atoms with E-state index < -0.39 is 0 Å². The predicted octanol–water partition coefficient (Wildman–Crippen LogP) is 11.7. The van der Waals surface area contributed by atoms with Gasteiger partial charge in [-0.1, -0.05) is 31.9 Å². The van der Waals surface area contributed by atoms with E-state index in [2.05, 4.69) is 142 Å². The maximum atomic E-state index is 6.03. The normalized spacial score (nSPS) is 10.9. The molecule has 186 valence electrons. The molecule has 6 nitrogen and oxygen atoms in total. The number of aromatic nitrogens is 3. The van der Waals surface area contributed by atoms with Crippen LogP contribution in [-0.4, -0.2) is 15.0 Å². The number of halogens is 8. The van der Waals surface area contributed by atoms with Crippen LogP contribution in [0.15, 0.2) is 72.2 Å². The van der Waals surface area contributed by atoms with Gasteiger partial charge in [-0.05, 0) is 144 Å². The molecule has 0 aliphatic rings. The summed E-state index contributed by atoms with van der Waals surface area (Å²) < 4.78 is 23.9. The Balaban J connectivity index is 1.79. The van der Waals surface area contributed by atoms with Crippen LogP contribution in [0, 0.1) is 6.92 Å². The summed E-state index contributed by atoms with van der Waals surface area (Å²) in [5.74, 6) is 1.41. The second kappa shape index (κ2) is 12.4. The Morgan fingerprint density at radius 2 is 0.694 bits per heavy atom. The van der Waals surface area contributed by atoms with Gasteiger partial charge < -0.3 is 14.2 Å². The third-order valence-electron chi connectivity index (χ3n) is 4.22. The monoisotopic (exact) mass is 994 g/mol. The van der Waals surface area contributed by atoms with E-state index in [1.165, 1.54) is 0 Å². The lowest BCUT2D eigenvalue weighted by Gasteiger charge is -2.14. The first-order valence-corrected chi connectivity index (χ1v) is 15.9. The van der Waals surface area contributed by atoms with E-state index in [1.807, 2.05) is 43.3 Å². The van der Waals surface area contributed by atoms with Crippen molar-refractivity contribution in [3.8, 4) is 35.3 Å². The van der Waals surface area contributed by atoms with Crippen molar-refractivity contribution < 1.29 is 14.2 Å². The predicted molar refractivity (Wildman–Crippen MR) is 166 cm³/mol. The van der Waals surface area contributed by atoms with Crippen LogP contribution < -0.4 is 14.2 Å². The molecule has 0 fully saturated rings. The molecule has 0 amide bonds. The van der Waals surface area contributed by atoms with Crippen molar-refractivity contribution in [2.24, 2.45) is 0 Å². The molecule has 4 aromatic rings. The highest BCUT2D eigenvalue weighted by atomic mass is 79.9. The molecule has 4 rings (SSSR count). The minimum atomic E-state index is -0.0394. The zero-order valence-electron chi connectivity index (χ0n) is 17.6. The molecular formula is C22H9Br8N3O3. The highest BCUT2D eigenvalue weighted by Crippen LogP contribution is 2.42. The Kier molecular flexibility index (Phi) is 9.95. The summed E-state index contributed by atoms with van der Waals surface area (Å²) in [6.45, 7) is 1.97. The first-order valence-electron chi connectivity index (χ1n) is 9.54. The fraction of sp³-hybridized carbons (Fsp3) is 0.0455. The Labute approximate surface area is 273 Å². The van der Waals surface area contributed by atoms with Crippen molar-refractivity contribution >= 4 is 127 Å². The quantitative estimate of drug-likeness (QED) is 0.192. The summed E-state index contributed by atoms with van der Waals surface area (Å²) >= 11 is 28.0. The molecule has 14 heteroatoms. The van der Waals surface area contributed by atoms with Crippen LogP contribution >= 0.6 is 127 Å². The lowest BCUT2D eigenvalue weighted by atomic mass is 10.2. The average Bonchev–Trinajstić information content (AvgIpc) is 2.76. The van der Waals surface area contributed by atoms with E-state index >= 15 is 0 Å². The van der Waals surface area contributed by atoms with Crippen LogP contribution in [0.1, 0.15) is 5.56 Å². The van der Waals surface area contributed by atoms with Gasteiger partial charge in [-0.2, -0.15) is 0 Å². The maximum absolute atomic E-state index is 6.03. The van der Waals surface area contributed by atoms with E-state index in [1.54, 1.807) is 0 Å². The number of hydrogen-bond donors (Lipinski definition) is 0. The zero-order valence-corrected chi connectivity index (χ0v) is 30.2. The highest BCUT2D eigenvalue weighted by Gasteiger charge is 2.19. The first-order chi connectivity index (χ1) is 17.0. The van der Waals surface area contributed by atoms with Crippen LogP contribution in [0.5, 0.6) is 35.3 Å². The Bertz CT molecular complexity index is 1230. The lowest BCUT2D eigenvalue weighted by Crippen LogP contribution is -2.03. The minimum absolute atomic E-state index is 0.0334. The molecule has 0 aliphatic carbocycles. The third kappa shape index (κ3) is 7.10. The maximum Gasteiger partial charge on any atom is 0.331 e. The smallest absolute Gasteiger partial charge is 0.331 e. The van der Waals surface area contributed by atoms with E-state index in [-0.39, 0.29) is 18.0 Å². The van der Waals surface area contributed by atoms with Crippen LogP contribution in [-0.2, 0) is 0 Å². The van der Waals surface area contributed by atoms with Crippen molar-refractivity contribution in [1.82, 2.24) is 15.0 Å². The molecule has 1 aromatic heterocycles. The lowest BCUT2D eigenvalue weighted by molar-refractivity contribution is 0.358. The Morgan fingerprint density at radius 3 is 0.972 bits per heavy atom. The summed E-state index contributed by atoms with van der Waals surface area (Å²) in [6.07, 6.45) is 0. The van der Waals surface area contributed by atoms with Crippen LogP contribution in [0.25, 0.3) is 0 Å². The third-order valence-corrected chi connectivity index (χ3v) is 8.67. The molecule has 3 aromatic carbocycles. The number of ether oxygens (including phenoxy) is 3. The topological polar surface area (TPSA) is 66.4 Å². The van der Waals surface area contributed by atoms with Gasteiger partial charge in [0.25, 0.3) is 0 Å². The molecule has 0 bridgehead atoms. The SMILES string of the molecule is Cc1cc(Br)c(Oc2nc(Oc3c(Br)cc(Br)cc3Br)nc(Oc3c(Br)cc(Br)cc3Br)n2)c(Br)c1. The van der Waals surface area contributed by atoms with Gasteiger partial charge in [0.05, 0.1) is 26.8 Å². The number of aryl methyl sites for hydroxylation is 1. The Hall–Kier alpha value is -0.0900. The zero-order chi connectivity index (χ0) is 26.1. The van der Waals surface area contributed by atoms with E-state index in [0.29, 0.717) is 35.1 Å². The molecule has 0 saturated carbocycles. The number of nitrogens with zero attached hydrogens (tertiary/aromatic N) is 3. The molecule has 0 radical (unpaired) electrons. The van der Waals surface area contributed by atoms with Crippen molar-refractivity contribution in [3.05, 3.63) is 77.7 Å². The number of rotatable bonds is 6. The molecule has 0 atom stereocenters.